The second-order valence-corrected chi connectivity index (χ2v) is 10.8. The zero-order valence-corrected chi connectivity index (χ0v) is 20.4. The maximum absolute atomic E-state index is 6.21. The third kappa shape index (κ3) is 2.99. The van der Waals surface area contributed by atoms with Crippen LogP contribution in [0.3, 0.4) is 0 Å². The monoisotopic (exact) mass is 491 g/mol. The predicted molar refractivity (Wildman–Crippen MR) is 131 cm³/mol. The summed E-state index contributed by atoms with van der Waals surface area (Å²) >= 11 is 3.90. The van der Waals surface area contributed by atoms with Gasteiger partial charge in [0, 0.05) is 39.8 Å². The maximum Gasteiger partial charge on any atom is 0.171 e. The van der Waals surface area contributed by atoms with Gasteiger partial charge in [-0.3, -0.25) is 0 Å². The van der Waals surface area contributed by atoms with Gasteiger partial charge in [0.2, 0.25) is 0 Å². The van der Waals surface area contributed by atoms with Crippen molar-refractivity contribution in [3.05, 3.63) is 76.5 Å². The lowest BCUT2D eigenvalue weighted by Gasteiger charge is -2.54. The third-order valence-electron chi connectivity index (χ3n) is 8.44. The van der Waals surface area contributed by atoms with E-state index in [1.54, 1.807) is 0 Å². The lowest BCUT2D eigenvalue weighted by atomic mass is 9.55. The molecule has 2 fully saturated rings. The highest BCUT2D eigenvalue weighted by molar-refractivity contribution is 9.10. The molecule has 1 aromatic heterocycles. The van der Waals surface area contributed by atoms with E-state index >= 15 is 0 Å². The first-order chi connectivity index (χ1) is 15.5. The predicted octanol–water partition coefficient (Wildman–Crippen LogP) is 6.90. The molecule has 4 heteroatoms. The molecule has 0 N–H and O–H groups in total. The Morgan fingerprint density at radius 3 is 2.34 bits per heavy atom. The molecule has 0 amide bonds. The largest absolute Gasteiger partial charge is 0.347 e. The quantitative estimate of drug-likeness (QED) is 0.389. The van der Waals surface area contributed by atoms with Crippen LogP contribution in [0.1, 0.15) is 44.4 Å². The summed E-state index contributed by atoms with van der Waals surface area (Å²) in [6, 6.07) is 19.6. The van der Waals surface area contributed by atoms with Crippen molar-refractivity contribution in [2.24, 2.45) is 11.8 Å². The van der Waals surface area contributed by atoms with Crippen LogP contribution >= 0.6 is 15.9 Å². The highest BCUT2D eigenvalue weighted by Gasteiger charge is 2.58. The van der Waals surface area contributed by atoms with E-state index in [1.807, 2.05) is 0 Å². The number of fused-ring (bicyclic) bond motifs is 3. The fourth-order valence-corrected chi connectivity index (χ4v) is 7.36. The van der Waals surface area contributed by atoms with E-state index in [0.717, 1.165) is 32.5 Å². The fourth-order valence-electron chi connectivity index (χ4n) is 6.77. The molecule has 166 valence electrons. The van der Waals surface area contributed by atoms with Crippen molar-refractivity contribution < 1.29 is 9.47 Å². The van der Waals surface area contributed by atoms with Gasteiger partial charge in [-0.25, -0.2) is 0 Å². The second kappa shape index (κ2) is 7.58. The van der Waals surface area contributed by atoms with Crippen LogP contribution in [0.5, 0.6) is 0 Å². The van der Waals surface area contributed by atoms with Crippen LogP contribution in [0.25, 0.3) is 16.8 Å². The summed E-state index contributed by atoms with van der Waals surface area (Å²) in [6.45, 7) is 6.30. The van der Waals surface area contributed by atoms with Gasteiger partial charge in [-0.15, -0.1) is 0 Å². The van der Waals surface area contributed by atoms with E-state index in [1.165, 1.54) is 39.0 Å². The summed E-state index contributed by atoms with van der Waals surface area (Å²) in [7, 11) is 0. The second-order valence-electron chi connectivity index (χ2n) is 9.95. The Hall–Kier alpha value is -1.88. The molecule has 0 radical (unpaired) electrons. The number of ether oxygens (including phenoxy) is 2. The van der Waals surface area contributed by atoms with Crippen molar-refractivity contribution in [1.82, 2.24) is 4.57 Å². The first kappa shape index (κ1) is 20.7. The van der Waals surface area contributed by atoms with E-state index < -0.39 is 0 Å². The van der Waals surface area contributed by atoms with Crippen molar-refractivity contribution in [1.29, 1.82) is 0 Å². The Kier molecular flexibility index (Phi) is 4.90. The Balaban J connectivity index is 1.41. The first-order valence-electron chi connectivity index (χ1n) is 11.9. The molecule has 2 aliphatic carbocycles. The standard InChI is InChI=1S/C28H30BrNO2/c1-19-24-13-12-23-25(29)18-30(22-10-8-21(9-11-22)20-6-4-3-5-7-20)26(23)27(24,2)14-15-28(19)31-16-17-32-28/h3-11,18-19,24H,12-17H2,1-2H3/t19-,24-,27-/m1/s1. The first-order valence-corrected chi connectivity index (χ1v) is 12.7. The summed E-state index contributed by atoms with van der Waals surface area (Å²) in [5.74, 6) is 0.568. The summed E-state index contributed by atoms with van der Waals surface area (Å²) in [6.07, 6.45) is 6.64. The normalized spacial score (nSPS) is 28.5. The third-order valence-corrected chi connectivity index (χ3v) is 9.12. The van der Waals surface area contributed by atoms with E-state index in [2.05, 4.69) is 95.1 Å². The molecule has 2 heterocycles. The summed E-state index contributed by atoms with van der Waals surface area (Å²) in [5, 5.41) is 0. The fraction of sp³-hybridized carbons (Fsp3) is 0.429. The molecule has 2 aromatic carbocycles. The van der Waals surface area contributed by atoms with E-state index in [-0.39, 0.29) is 11.2 Å². The number of halogens is 1. The lowest BCUT2D eigenvalue weighted by molar-refractivity contribution is -0.234. The van der Waals surface area contributed by atoms with Gasteiger partial charge in [0.15, 0.2) is 5.79 Å². The van der Waals surface area contributed by atoms with E-state index in [4.69, 9.17) is 9.47 Å². The average molecular weight is 492 g/mol. The average Bonchev–Trinajstić information content (AvgIpc) is 3.44. The number of nitrogens with zero attached hydrogens (tertiary/aromatic N) is 1. The van der Waals surface area contributed by atoms with E-state index in [9.17, 15) is 0 Å². The topological polar surface area (TPSA) is 23.4 Å². The molecule has 3 aromatic rings. The van der Waals surface area contributed by atoms with Crippen molar-refractivity contribution in [3.8, 4) is 16.8 Å². The number of benzene rings is 2. The highest BCUT2D eigenvalue weighted by atomic mass is 79.9. The van der Waals surface area contributed by atoms with Crippen LogP contribution in [0, 0.1) is 11.8 Å². The van der Waals surface area contributed by atoms with Gasteiger partial charge in [-0.1, -0.05) is 56.3 Å². The summed E-state index contributed by atoms with van der Waals surface area (Å²) in [4.78, 5) is 0. The molecular weight excluding hydrogens is 462 g/mol. The van der Waals surface area contributed by atoms with Gasteiger partial charge in [0.05, 0.1) is 13.2 Å². The van der Waals surface area contributed by atoms with Crippen LogP contribution in [0.2, 0.25) is 0 Å². The van der Waals surface area contributed by atoms with Gasteiger partial charge >= 0.3 is 0 Å². The Bertz CT molecular complexity index is 1130. The molecule has 1 aliphatic heterocycles. The van der Waals surface area contributed by atoms with Crippen molar-refractivity contribution >= 4 is 15.9 Å². The lowest BCUT2D eigenvalue weighted by Crippen LogP contribution is -2.55. The Morgan fingerprint density at radius 2 is 1.62 bits per heavy atom. The highest BCUT2D eigenvalue weighted by Crippen LogP contribution is 2.58. The van der Waals surface area contributed by atoms with Crippen LogP contribution in [-0.4, -0.2) is 23.6 Å². The SMILES string of the molecule is C[C@@H]1[C@H]2CCc3c(Br)cn(-c4ccc(-c5ccccc5)cc4)c3[C@]2(C)CCC12OCCO2. The number of hydrogen-bond donors (Lipinski definition) is 0. The molecule has 6 rings (SSSR count). The molecule has 3 atom stereocenters. The van der Waals surface area contributed by atoms with Crippen molar-refractivity contribution in [2.45, 2.75) is 50.7 Å². The van der Waals surface area contributed by atoms with Gasteiger partial charge in [-0.05, 0) is 69.9 Å². The zero-order chi connectivity index (χ0) is 21.9. The maximum atomic E-state index is 6.21. The molecule has 3 aliphatic rings. The molecule has 0 bridgehead atoms. The number of hydrogen-bond acceptors (Lipinski definition) is 2. The minimum absolute atomic E-state index is 0.109. The minimum atomic E-state index is -0.367. The van der Waals surface area contributed by atoms with Crippen LogP contribution in [0.4, 0.5) is 0 Å². The molecule has 0 unspecified atom stereocenters. The molecular formula is C28H30BrNO2. The Morgan fingerprint density at radius 1 is 0.938 bits per heavy atom. The number of rotatable bonds is 2. The van der Waals surface area contributed by atoms with Gasteiger partial charge in [-0.2, -0.15) is 0 Å². The molecule has 32 heavy (non-hydrogen) atoms. The van der Waals surface area contributed by atoms with Gasteiger partial charge in [0.1, 0.15) is 0 Å². The van der Waals surface area contributed by atoms with E-state index in [0.29, 0.717) is 11.8 Å². The smallest absolute Gasteiger partial charge is 0.171 e. The van der Waals surface area contributed by atoms with Gasteiger partial charge in [0.25, 0.3) is 0 Å². The molecule has 3 nitrogen and oxygen atoms in total. The van der Waals surface area contributed by atoms with Gasteiger partial charge < -0.3 is 14.0 Å². The van der Waals surface area contributed by atoms with Crippen LogP contribution in [0.15, 0.2) is 65.3 Å². The Labute approximate surface area is 198 Å². The number of aromatic nitrogens is 1. The molecule has 1 saturated carbocycles. The molecule has 1 saturated heterocycles. The van der Waals surface area contributed by atoms with Crippen molar-refractivity contribution in [3.63, 3.8) is 0 Å². The zero-order valence-electron chi connectivity index (χ0n) is 18.8. The minimum Gasteiger partial charge on any atom is -0.347 e. The molecule has 1 spiro atoms. The van der Waals surface area contributed by atoms with Crippen molar-refractivity contribution in [2.75, 3.05) is 13.2 Å². The summed E-state index contributed by atoms with van der Waals surface area (Å²) in [5.41, 5.74) is 6.81. The van der Waals surface area contributed by atoms with Crippen LogP contribution in [-0.2, 0) is 21.3 Å². The van der Waals surface area contributed by atoms with Crippen LogP contribution < -0.4 is 0 Å². The summed E-state index contributed by atoms with van der Waals surface area (Å²) < 4.78 is 16.1.